The second kappa shape index (κ2) is 10.3. The predicted molar refractivity (Wildman–Crippen MR) is 167 cm³/mol. The molecule has 0 fully saturated rings. The maximum absolute atomic E-state index is 10.7. The standard InChI is InChI=1S/C32H18Cl2N4S2/c33-20-14-15-21(23(34)16-20)28-22(17-35)32-38(25-11-5-7-13-27(25)40-32)30(36-18-19-8-2-1-3-9-19)29(28)31-37-24-10-4-6-12-26(24)39-31/h1-16,18,28H/t28-/m1/s1. The molecule has 2 aliphatic rings. The maximum atomic E-state index is 10.7. The van der Waals surface area contributed by atoms with Crippen molar-refractivity contribution in [3.63, 3.8) is 0 Å². The summed E-state index contributed by atoms with van der Waals surface area (Å²) in [4.78, 5) is 13.3. The predicted octanol–water partition coefficient (Wildman–Crippen LogP) is 9.54. The number of aliphatic imine (C=N–C) groups is 1. The fourth-order valence-corrected chi connectivity index (χ4v) is 7.78. The molecule has 0 aliphatic carbocycles. The first-order valence-electron chi connectivity index (χ1n) is 12.5. The number of aromatic nitrogens is 1. The van der Waals surface area contributed by atoms with Crippen LogP contribution in [0.1, 0.15) is 22.1 Å². The summed E-state index contributed by atoms with van der Waals surface area (Å²) in [5, 5.41) is 13.3. The molecule has 7 rings (SSSR count). The first kappa shape index (κ1) is 25.1. The van der Waals surface area contributed by atoms with Crippen LogP contribution in [-0.4, -0.2) is 11.2 Å². The Balaban J connectivity index is 1.57. The van der Waals surface area contributed by atoms with Crippen molar-refractivity contribution in [2.75, 3.05) is 4.90 Å². The van der Waals surface area contributed by atoms with Gasteiger partial charge in [-0.3, -0.25) is 4.90 Å². The third kappa shape index (κ3) is 4.23. The highest BCUT2D eigenvalue weighted by molar-refractivity contribution is 8.03. The van der Waals surface area contributed by atoms with Gasteiger partial charge in [-0.1, -0.05) is 95.6 Å². The lowest BCUT2D eigenvalue weighted by Gasteiger charge is -2.33. The second-order valence-corrected chi connectivity index (χ2v) is 12.1. The van der Waals surface area contributed by atoms with E-state index < -0.39 is 5.92 Å². The van der Waals surface area contributed by atoms with Crippen LogP contribution in [0.15, 0.2) is 123 Å². The van der Waals surface area contributed by atoms with E-state index in [1.165, 1.54) is 0 Å². The summed E-state index contributed by atoms with van der Waals surface area (Å²) >= 11 is 16.3. The van der Waals surface area contributed by atoms with E-state index in [9.17, 15) is 5.26 Å². The number of nitrogens with zero attached hydrogens (tertiary/aromatic N) is 4. The van der Waals surface area contributed by atoms with Crippen LogP contribution in [0.4, 0.5) is 5.69 Å². The van der Waals surface area contributed by atoms with Crippen molar-refractivity contribution in [3.8, 4) is 6.07 Å². The molecular formula is C32H18Cl2N4S2. The average molecular weight is 594 g/mol. The number of thioether (sulfide) groups is 1. The van der Waals surface area contributed by atoms with E-state index in [0.29, 0.717) is 21.4 Å². The number of allylic oxidation sites excluding steroid dienone is 2. The van der Waals surface area contributed by atoms with Gasteiger partial charge in [0.25, 0.3) is 0 Å². The molecule has 4 aromatic carbocycles. The van der Waals surface area contributed by atoms with Gasteiger partial charge >= 0.3 is 0 Å². The molecule has 5 aromatic rings. The number of anilines is 1. The van der Waals surface area contributed by atoms with E-state index in [4.69, 9.17) is 33.2 Å². The molecule has 2 aliphatic heterocycles. The minimum absolute atomic E-state index is 0.491. The van der Waals surface area contributed by atoms with Gasteiger partial charge in [-0.05, 0) is 47.5 Å². The van der Waals surface area contributed by atoms with Crippen LogP contribution in [0, 0.1) is 11.3 Å². The van der Waals surface area contributed by atoms with E-state index in [0.717, 1.165) is 47.5 Å². The number of halogens is 2. The zero-order valence-corrected chi connectivity index (χ0v) is 23.9. The Kier molecular flexibility index (Phi) is 6.45. The van der Waals surface area contributed by atoms with Crippen molar-refractivity contribution >= 4 is 74.0 Å². The van der Waals surface area contributed by atoms with Gasteiger partial charge < -0.3 is 0 Å². The Bertz CT molecular complexity index is 1900. The van der Waals surface area contributed by atoms with Crippen molar-refractivity contribution < 1.29 is 0 Å². The van der Waals surface area contributed by atoms with Crippen molar-refractivity contribution in [2.45, 2.75) is 10.8 Å². The fraction of sp³-hybridized carbons (Fsp3) is 0.0312. The van der Waals surface area contributed by atoms with E-state index in [-0.39, 0.29) is 0 Å². The average Bonchev–Trinajstić information content (AvgIpc) is 3.58. The lowest BCUT2D eigenvalue weighted by Crippen LogP contribution is -2.27. The summed E-state index contributed by atoms with van der Waals surface area (Å²) in [6.45, 7) is 0. The van der Waals surface area contributed by atoms with E-state index in [1.807, 2.05) is 79.0 Å². The number of nitriles is 1. The molecule has 0 radical (unpaired) electrons. The summed E-state index contributed by atoms with van der Waals surface area (Å²) in [5.41, 5.74) is 5.06. The Morgan fingerprint density at radius 1 is 0.925 bits per heavy atom. The van der Waals surface area contributed by atoms with Crippen molar-refractivity contribution in [1.29, 1.82) is 5.26 Å². The van der Waals surface area contributed by atoms with Gasteiger partial charge in [-0.2, -0.15) is 5.26 Å². The summed E-state index contributed by atoms with van der Waals surface area (Å²) in [6, 6.07) is 34.2. The Hall–Kier alpha value is -3.86. The summed E-state index contributed by atoms with van der Waals surface area (Å²) in [6.07, 6.45) is 1.86. The van der Waals surface area contributed by atoms with Gasteiger partial charge in [0.1, 0.15) is 15.9 Å². The van der Waals surface area contributed by atoms with E-state index >= 15 is 0 Å². The maximum Gasteiger partial charge on any atom is 0.145 e. The molecule has 3 heterocycles. The van der Waals surface area contributed by atoms with Gasteiger partial charge in [0.2, 0.25) is 0 Å². The van der Waals surface area contributed by atoms with Crippen LogP contribution < -0.4 is 4.90 Å². The lowest BCUT2D eigenvalue weighted by molar-refractivity contribution is 0.943. The number of hydrogen-bond acceptors (Lipinski definition) is 6. The lowest BCUT2D eigenvalue weighted by atomic mass is 9.83. The number of thiazole rings is 1. The smallest absolute Gasteiger partial charge is 0.145 e. The van der Waals surface area contributed by atoms with Crippen LogP contribution in [0.3, 0.4) is 0 Å². The Morgan fingerprint density at radius 3 is 2.50 bits per heavy atom. The summed E-state index contributed by atoms with van der Waals surface area (Å²) in [5.74, 6) is 0.219. The van der Waals surface area contributed by atoms with Crippen LogP contribution >= 0.6 is 46.3 Å². The normalized spacial score (nSPS) is 16.5. The van der Waals surface area contributed by atoms with Gasteiger partial charge in [0.05, 0.1) is 33.5 Å². The quantitative estimate of drug-likeness (QED) is 0.195. The topological polar surface area (TPSA) is 52.3 Å². The highest BCUT2D eigenvalue weighted by Gasteiger charge is 2.43. The van der Waals surface area contributed by atoms with Crippen LogP contribution in [0.2, 0.25) is 10.0 Å². The number of hydrogen-bond donors (Lipinski definition) is 0. The van der Waals surface area contributed by atoms with Crippen LogP contribution in [-0.2, 0) is 0 Å². The molecule has 0 spiro atoms. The van der Waals surface area contributed by atoms with Crippen molar-refractivity contribution in [1.82, 2.24) is 4.98 Å². The van der Waals surface area contributed by atoms with Crippen LogP contribution in [0.5, 0.6) is 0 Å². The van der Waals surface area contributed by atoms with Gasteiger partial charge in [0, 0.05) is 26.7 Å². The highest BCUT2D eigenvalue weighted by atomic mass is 35.5. The fourth-order valence-electron chi connectivity index (χ4n) is 5.06. The zero-order chi connectivity index (χ0) is 27.2. The molecule has 4 nitrogen and oxygen atoms in total. The zero-order valence-electron chi connectivity index (χ0n) is 20.8. The highest BCUT2D eigenvalue weighted by Crippen LogP contribution is 2.58. The molecule has 0 N–H and O–H groups in total. The molecule has 0 bridgehead atoms. The molecule has 0 saturated carbocycles. The van der Waals surface area contributed by atoms with Gasteiger partial charge in [0.15, 0.2) is 0 Å². The molecule has 1 aromatic heterocycles. The third-order valence-corrected chi connectivity index (χ3v) is 9.62. The molecule has 192 valence electrons. The third-order valence-electron chi connectivity index (χ3n) is 6.83. The molecule has 0 saturated heterocycles. The monoisotopic (exact) mass is 592 g/mol. The van der Waals surface area contributed by atoms with E-state index in [2.05, 4.69) is 29.2 Å². The second-order valence-electron chi connectivity index (χ2n) is 9.23. The first-order chi connectivity index (χ1) is 19.6. The number of benzene rings is 4. The molecular weight excluding hydrogens is 575 g/mol. The number of rotatable bonds is 4. The molecule has 8 heteroatoms. The minimum Gasteiger partial charge on any atom is -0.286 e. The molecule has 0 amide bonds. The van der Waals surface area contributed by atoms with Crippen LogP contribution in [0.25, 0.3) is 15.8 Å². The molecule has 1 atom stereocenters. The summed E-state index contributed by atoms with van der Waals surface area (Å²) < 4.78 is 1.06. The van der Waals surface area contributed by atoms with E-state index in [1.54, 1.807) is 29.2 Å². The van der Waals surface area contributed by atoms with Crippen molar-refractivity contribution in [2.24, 2.45) is 4.99 Å². The number of para-hydroxylation sites is 2. The van der Waals surface area contributed by atoms with Gasteiger partial charge in [-0.25, -0.2) is 9.98 Å². The van der Waals surface area contributed by atoms with Crippen molar-refractivity contribution in [3.05, 3.63) is 140 Å². The Labute approximate surface area is 249 Å². The largest absolute Gasteiger partial charge is 0.286 e. The first-order valence-corrected chi connectivity index (χ1v) is 14.9. The number of fused-ring (bicyclic) bond motifs is 4. The molecule has 40 heavy (non-hydrogen) atoms. The molecule has 0 unspecified atom stereocenters. The SMILES string of the molecule is N#CC1=C2Sc3ccccc3N2C(N=Cc2ccccc2)=C(c2nc3ccccc3s2)[C@@H]1c1ccc(Cl)cc1Cl. The Morgan fingerprint density at radius 2 is 1.70 bits per heavy atom. The van der Waals surface area contributed by atoms with Gasteiger partial charge in [-0.15, -0.1) is 11.3 Å². The minimum atomic E-state index is -0.494. The summed E-state index contributed by atoms with van der Waals surface area (Å²) in [7, 11) is 0.